The minimum absolute atomic E-state index is 0. The molecule has 0 aliphatic rings. The Hall–Kier alpha value is 4.81. The van der Waals surface area contributed by atoms with Gasteiger partial charge in [-0.3, -0.25) is 0 Å². The summed E-state index contributed by atoms with van der Waals surface area (Å²) in [5.41, 5.74) is 0. The zero-order valence-electron chi connectivity index (χ0n) is 16.6. The summed E-state index contributed by atoms with van der Waals surface area (Å²) in [4.78, 5) is 0. The van der Waals surface area contributed by atoms with E-state index in [0.717, 1.165) is 24.4 Å². The minimum atomic E-state index is 0. The van der Waals surface area contributed by atoms with Gasteiger partial charge in [0.05, 0.1) is 0 Å². The molecule has 0 bridgehead atoms. The van der Waals surface area contributed by atoms with E-state index in [4.69, 9.17) is 4.52 Å². The van der Waals surface area contributed by atoms with E-state index in [2.05, 4.69) is 70.8 Å². The Labute approximate surface area is 251 Å². The van der Waals surface area contributed by atoms with Gasteiger partial charge in [0.15, 0.2) is 0 Å². The summed E-state index contributed by atoms with van der Waals surface area (Å²) in [6.45, 7) is 16.5. The molecule has 0 aliphatic heterocycles. The van der Waals surface area contributed by atoms with Gasteiger partial charge in [-0.15, -0.1) is 5.92 Å². The van der Waals surface area contributed by atoms with Crippen molar-refractivity contribution in [1.29, 1.82) is 0 Å². The van der Waals surface area contributed by atoms with Crippen molar-refractivity contribution in [2.24, 2.45) is 23.7 Å². The standard InChI is InChI=1S/C9H19.C8H18OP.4Y/c1-5-9(4)7-6-8(2)3;1-7(2)4-5-8(3)6-9-10;;;;/h7-9H,5-6H2,1-4H3;5,7-8H,4,6,10H2,1-3H3;;;;/q2*-1;;;;. The van der Waals surface area contributed by atoms with E-state index >= 15 is 0 Å². The Morgan fingerprint density at radius 1 is 0.739 bits per heavy atom. The summed E-state index contributed by atoms with van der Waals surface area (Å²) in [7, 11) is 2.28. The fourth-order valence-electron chi connectivity index (χ4n) is 1.40. The van der Waals surface area contributed by atoms with Crippen LogP contribution in [0.5, 0.6) is 0 Å². The predicted molar refractivity (Wildman–Crippen MR) is 91.8 cm³/mol. The van der Waals surface area contributed by atoms with Crippen molar-refractivity contribution in [3.63, 3.8) is 0 Å². The maximum Gasteiger partial charge on any atom is 0.0257 e. The molecule has 0 spiro atoms. The molecule has 0 heterocycles. The van der Waals surface area contributed by atoms with E-state index < -0.39 is 0 Å². The molecule has 0 aliphatic carbocycles. The Bertz CT molecular complexity index is 184. The van der Waals surface area contributed by atoms with Gasteiger partial charge in [-0.1, -0.05) is 66.7 Å². The molecule has 0 aromatic rings. The first kappa shape index (κ1) is 42.0. The van der Waals surface area contributed by atoms with E-state index in [1.165, 1.54) is 19.3 Å². The van der Waals surface area contributed by atoms with E-state index in [1.54, 1.807) is 0 Å². The summed E-state index contributed by atoms with van der Waals surface area (Å²) in [5, 5.41) is 0. The van der Waals surface area contributed by atoms with Gasteiger partial charge in [0, 0.05) is 147 Å². The summed E-state index contributed by atoms with van der Waals surface area (Å²) in [6, 6.07) is 0. The topological polar surface area (TPSA) is 9.23 Å². The van der Waals surface area contributed by atoms with Crippen molar-refractivity contribution >= 4 is 9.47 Å². The predicted octanol–water partition coefficient (Wildman–Crippen LogP) is 5.95. The molecule has 0 rings (SSSR count). The van der Waals surface area contributed by atoms with Gasteiger partial charge >= 0.3 is 0 Å². The molecule has 6 heteroatoms. The molecule has 0 amide bonds. The van der Waals surface area contributed by atoms with Crippen molar-refractivity contribution in [1.82, 2.24) is 0 Å². The maximum absolute atomic E-state index is 4.92. The Kier molecular flexibility index (Phi) is 57.5. The molecule has 0 saturated heterocycles. The normalized spacial score (nSPS) is 11.7. The molecular formula is C17H37OPY4-2. The molecule has 23 heavy (non-hydrogen) atoms. The largest absolute Gasteiger partial charge is 0.368 e. The smallest absolute Gasteiger partial charge is 0.0257 e. The van der Waals surface area contributed by atoms with E-state index in [1.807, 2.05) is 0 Å². The van der Waals surface area contributed by atoms with Crippen LogP contribution in [-0.2, 0) is 135 Å². The maximum atomic E-state index is 4.92. The van der Waals surface area contributed by atoms with Gasteiger partial charge in [0.25, 0.3) is 0 Å². The van der Waals surface area contributed by atoms with Crippen LogP contribution in [0.1, 0.15) is 67.7 Å². The van der Waals surface area contributed by atoms with Crippen molar-refractivity contribution in [3.05, 3.63) is 12.8 Å². The second-order valence-corrected chi connectivity index (χ2v) is 6.76. The first-order valence-corrected chi connectivity index (χ1v) is 8.28. The number of hydrogen-bond donors (Lipinski definition) is 0. The van der Waals surface area contributed by atoms with Crippen molar-refractivity contribution in [2.75, 3.05) is 6.61 Å². The quantitative estimate of drug-likeness (QED) is 0.223. The zero-order chi connectivity index (χ0) is 15.3. The van der Waals surface area contributed by atoms with Crippen LogP contribution in [0.25, 0.3) is 0 Å². The van der Waals surface area contributed by atoms with Crippen LogP contribution in [0.4, 0.5) is 0 Å². The van der Waals surface area contributed by atoms with Crippen molar-refractivity contribution in [2.45, 2.75) is 67.7 Å². The zero-order valence-corrected chi connectivity index (χ0v) is 29.1. The molecule has 0 fully saturated rings. The number of hydrogen-bond acceptors (Lipinski definition) is 1. The first-order chi connectivity index (χ1) is 8.83. The number of rotatable bonds is 9. The van der Waals surface area contributed by atoms with Gasteiger partial charge in [-0.05, 0) is 0 Å². The van der Waals surface area contributed by atoms with Crippen molar-refractivity contribution in [3.8, 4) is 0 Å². The Morgan fingerprint density at radius 2 is 1.09 bits per heavy atom. The molecule has 0 aromatic heterocycles. The minimum Gasteiger partial charge on any atom is -0.368 e. The fraction of sp³-hybridized carbons (Fsp3) is 0.882. The summed E-state index contributed by atoms with van der Waals surface area (Å²) >= 11 is 0. The summed E-state index contributed by atoms with van der Waals surface area (Å²) < 4.78 is 4.92. The van der Waals surface area contributed by atoms with E-state index in [-0.39, 0.29) is 131 Å². The molecule has 130 valence electrons. The molecule has 1 nitrogen and oxygen atoms in total. The van der Waals surface area contributed by atoms with Crippen LogP contribution in [0, 0.1) is 36.5 Å². The molecule has 0 N–H and O–H groups in total. The SMILES string of the molecule is CC(C)C[CH-]C(C)COP.CCC(C)[CH-]CC(C)C.[Y].[Y].[Y].[Y]. The molecule has 3 unspecified atom stereocenters. The van der Waals surface area contributed by atoms with Crippen LogP contribution in [0.3, 0.4) is 0 Å². The monoisotopic (exact) mass is 644 g/mol. The molecular weight excluding hydrogens is 607 g/mol. The van der Waals surface area contributed by atoms with Gasteiger partial charge in [-0.25, -0.2) is 0 Å². The van der Waals surface area contributed by atoms with Gasteiger partial charge in [-0.2, -0.15) is 18.8 Å². The summed E-state index contributed by atoms with van der Waals surface area (Å²) in [6.07, 6.45) is 8.48. The third kappa shape index (κ3) is 42.0. The van der Waals surface area contributed by atoms with Gasteiger partial charge < -0.3 is 17.4 Å². The van der Waals surface area contributed by atoms with Crippen LogP contribution in [-0.4, -0.2) is 6.61 Å². The third-order valence-electron chi connectivity index (χ3n) is 3.02. The fourth-order valence-corrected chi connectivity index (χ4v) is 1.70. The molecule has 0 aromatic carbocycles. The second kappa shape index (κ2) is 31.5. The van der Waals surface area contributed by atoms with Crippen LogP contribution in [0.2, 0.25) is 0 Å². The van der Waals surface area contributed by atoms with Gasteiger partial charge in [0.1, 0.15) is 0 Å². The van der Waals surface area contributed by atoms with Crippen LogP contribution in [0.15, 0.2) is 0 Å². The Balaban J connectivity index is -0.0000000537. The van der Waals surface area contributed by atoms with Gasteiger partial charge in [0.2, 0.25) is 0 Å². The molecule has 4 radical (unpaired) electrons. The third-order valence-corrected chi connectivity index (χ3v) is 3.22. The molecule has 3 atom stereocenters. The van der Waals surface area contributed by atoms with E-state index in [0.29, 0.717) is 5.92 Å². The Morgan fingerprint density at radius 3 is 1.35 bits per heavy atom. The first-order valence-electron chi connectivity index (χ1n) is 7.81. The summed E-state index contributed by atoms with van der Waals surface area (Å²) in [5.74, 6) is 3.00. The van der Waals surface area contributed by atoms with Crippen LogP contribution >= 0.6 is 9.47 Å². The van der Waals surface area contributed by atoms with Crippen molar-refractivity contribution < 1.29 is 135 Å². The average molecular weight is 644 g/mol. The second-order valence-electron chi connectivity index (χ2n) is 6.43. The average Bonchev–Trinajstić information content (AvgIpc) is 2.34. The molecule has 0 saturated carbocycles. The van der Waals surface area contributed by atoms with E-state index in [9.17, 15) is 0 Å². The van der Waals surface area contributed by atoms with Crippen LogP contribution < -0.4 is 0 Å².